The number of aryl methyl sites for hydroxylation is 1. The van der Waals surface area contributed by atoms with Crippen LogP contribution in [-0.2, 0) is 15.0 Å². The van der Waals surface area contributed by atoms with Crippen molar-refractivity contribution in [1.29, 1.82) is 0 Å². The van der Waals surface area contributed by atoms with Crippen LogP contribution < -0.4 is 4.74 Å². The summed E-state index contributed by atoms with van der Waals surface area (Å²) in [7, 11) is 1.57. The first kappa shape index (κ1) is 18.4. The van der Waals surface area contributed by atoms with Crippen LogP contribution in [0.15, 0.2) is 53.5 Å². The standard InChI is InChI=1S/C22H22N2O4/c1-14-4-6-16(7-5-14)19-12-21(17-8-10-18(28-3)11-9-17)20(26)24(15(2)25)13-22(21,27)23-19/h4-11,27H,12-13H2,1-3H3/t21-,22+/m0/s1. The Morgan fingerprint density at radius 1 is 1.14 bits per heavy atom. The van der Waals surface area contributed by atoms with Crippen LogP contribution in [0.25, 0.3) is 0 Å². The number of rotatable bonds is 3. The molecule has 1 fully saturated rings. The van der Waals surface area contributed by atoms with Crippen molar-refractivity contribution in [3.63, 3.8) is 0 Å². The molecule has 0 spiro atoms. The summed E-state index contributed by atoms with van der Waals surface area (Å²) in [4.78, 5) is 31.1. The van der Waals surface area contributed by atoms with Crippen LogP contribution in [-0.4, -0.2) is 46.9 Å². The van der Waals surface area contributed by atoms with Gasteiger partial charge in [-0.3, -0.25) is 19.5 Å². The molecule has 2 amide bonds. The van der Waals surface area contributed by atoms with Gasteiger partial charge in [0.2, 0.25) is 11.8 Å². The van der Waals surface area contributed by atoms with Crippen molar-refractivity contribution >= 4 is 17.5 Å². The molecule has 2 heterocycles. The largest absolute Gasteiger partial charge is 0.497 e. The topological polar surface area (TPSA) is 79.2 Å². The number of β-amino-alcohol motifs (C(OH)–C–C–N with tert-alkyl or cyclic N) is 1. The van der Waals surface area contributed by atoms with Crippen molar-refractivity contribution in [3.05, 3.63) is 65.2 Å². The van der Waals surface area contributed by atoms with Crippen LogP contribution in [0.5, 0.6) is 5.75 Å². The molecule has 2 aliphatic heterocycles. The minimum atomic E-state index is -1.70. The third kappa shape index (κ3) is 2.48. The summed E-state index contributed by atoms with van der Waals surface area (Å²) < 4.78 is 5.21. The summed E-state index contributed by atoms with van der Waals surface area (Å²) in [5, 5.41) is 11.5. The number of benzene rings is 2. The van der Waals surface area contributed by atoms with Crippen LogP contribution in [0, 0.1) is 6.92 Å². The number of hydrogen-bond donors (Lipinski definition) is 1. The fourth-order valence-corrected chi connectivity index (χ4v) is 4.19. The number of methoxy groups -OCH3 is 1. The van der Waals surface area contributed by atoms with E-state index in [9.17, 15) is 14.7 Å². The summed E-state index contributed by atoms with van der Waals surface area (Å²) in [6.45, 7) is 3.17. The Labute approximate surface area is 163 Å². The summed E-state index contributed by atoms with van der Waals surface area (Å²) >= 11 is 0. The minimum Gasteiger partial charge on any atom is -0.497 e. The number of ether oxygens (including phenoxy) is 1. The van der Waals surface area contributed by atoms with E-state index in [-0.39, 0.29) is 13.0 Å². The Balaban J connectivity index is 1.85. The van der Waals surface area contributed by atoms with E-state index in [0.717, 1.165) is 16.0 Å². The van der Waals surface area contributed by atoms with Crippen LogP contribution in [0.1, 0.15) is 30.0 Å². The van der Waals surface area contributed by atoms with Crippen molar-refractivity contribution in [1.82, 2.24) is 4.90 Å². The van der Waals surface area contributed by atoms with Gasteiger partial charge in [-0.1, -0.05) is 42.0 Å². The van der Waals surface area contributed by atoms with Gasteiger partial charge in [0.15, 0.2) is 5.72 Å². The minimum absolute atomic E-state index is 0.150. The van der Waals surface area contributed by atoms with E-state index in [0.29, 0.717) is 17.0 Å². The maximum atomic E-state index is 13.4. The highest BCUT2D eigenvalue weighted by Gasteiger charge is 2.68. The van der Waals surface area contributed by atoms with E-state index in [1.165, 1.54) is 6.92 Å². The first-order chi connectivity index (χ1) is 13.3. The molecular weight excluding hydrogens is 356 g/mol. The molecule has 6 heteroatoms. The molecule has 2 atom stereocenters. The molecule has 0 bridgehead atoms. The summed E-state index contributed by atoms with van der Waals surface area (Å²) in [6.07, 6.45) is 0.224. The van der Waals surface area contributed by atoms with Gasteiger partial charge < -0.3 is 9.84 Å². The van der Waals surface area contributed by atoms with Gasteiger partial charge in [-0.15, -0.1) is 0 Å². The van der Waals surface area contributed by atoms with Gasteiger partial charge in [0.1, 0.15) is 11.2 Å². The number of nitrogens with zero attached hydrogens (tertiary/aromatic N) is 2. The fraction of sp³-hybridized carbons (Fsp3) is 0.318. The van der Waals surface area contributed by atoms with Gasteiger partial charge in [0, 0.05) is 19.1 Å². The maximum Gasteiger partial charge on any atom is 0.245 e. The van der Waals surface area contributed by atoms with Crippen molar-refractivity contribution in [2.75, 3.05) is 13.7 Å². The second-order valence-electron chi connectivity index (χ2n) is 7.46. The number of imide groups is 1. The molecule has 0 aliphatic carbocycles. The molecule has 6 nitrogen and oxygen atoms in total. The predicted octanol–water partition coefficient (Wildman–Crippen LogP) is 2.21. The Kier molecular flexibility index (Phi) is 4.12. The average molecular weight is 378 g/mol. The van der Waals surface area contributed by atoms with Gasteiger partial charge in [0.05, 0.1) is 13.7 Å². The summed E-state index contributed by atoms with van der Waals surface area (Å²) in [5.41, 5.74) is 0.231. The molecule has 0 aromatic heterocycles. The van der Waals surface area contributed by atoms with Crippen molar-refractivity contribution in [3.8, 4) is 5.75 Å². The van der Waals surface area contributed by atoms with Crippen molar-refractivity contribution in [2.24, 2.45) is 4.99 Å². The first-order valence-corrected chi connectivity index (χ1v) is 9.16. The fourth-order valence-electron chi connectivity index (χ4n) is 4.19. The average Bonchev–Trinajstić information content (AvgIpc) is 3.11. The van der Waals surface area contributed by atoms with E-state index >= 15 is 0 Å². The second kappa shape index (κ2) is 6.27. The lowest BCUT2D eigenvalue weighted by Crippen LogP contribution is -2.48. The van der Waals surface area contributed by atoms with Gasteiger partial charge >= 0.3 is 0 Å². The highest BCUT2D eigenvalue weighted by Crippen LogP contribution is 2.51. The predicted molar refractivity (Wildman–Crippen MR) is 104 cm³/mol. The molecule has 0 saturated carbocycles. The Morgan fingerprint density at radius 3 is 2.36 bits per heavy atom. The molecular formula is C22H22N2O4. The number of carbonyl (C=O) groups is 2. The molecule has 1 saturated heterocycles. The third-order valence-electron chi connectivity index (χ3n) is 5.77. The van der Waals surface area contributed by atoms with Gasteiger partial charge in [-0.2, -0.15) is 0 Å². The molecule has 144 valence electrons. The second-order valence-corrected chi connectivity index (χ2v) is 7.46. The highest BCUT2D eigenvalue weighted by atomic mass is 16.5. The Bertz CT molecular complexity index is 981. The summed E-state index contributed by atoms with van der Waals surface area (Å²) in [5.74, 6) is -0.165. The van der Waals surface area contributed by atoms with Gasteiger partial charge in [-0.25, -0.2) is 0 Å². The Morgan fingerprint density at radius 2 is 1.79 bits per heavy atom. The van der Waals surface area contributed by atoms with Crippen LogP contribution in [0.4, 0.5) is 0 Å². The van der Waals surface area contributed by atoms with Crippen LogP contribution in [0.3, 0.4) is 0 Å². The van der Waals surface area contributed by atoms with Gasteiger partial charge in [-0.05, 0) is 30.2 Å². The molecule has 1 N–H and O–H groups in total. The van der Waals surface area contributed by atoms with Crippen LogP contribution >= 0.6 is 0 Å². The lowest BCUT2D eigenvalue weighted by atomic mass is 9.71. The van der Waals surface area contributed by atoms with Crippen LogP contribution in [0.2, 0.25) is 0 Å². The number of amides is 2. The van der Waals surface area contributed by atoms with E-state index in [2.05, 4.69) is 4.99 Å². The lowest BCUT2D eigenvalue weighted by Gasteiger charge is -2.31. The van der Waals surface area contributed by atoms with E-state index < -0.39 is 23.0 Å². The normalized spacial score (nSPS) is 26.2. The van der Waals surface area contributed by atoms with E-state index in [1.807, 2.05) is 31.2 Å². The maximum absolute atomic E-state index is 13.4. The number of aliphatic imine (C=N–C) groups is 1. The number of likely N-dealkylation sites (tertiary alicyclic amines) is 1. The third-order valence-corrected chi connectivity index (χ3v) is 5.77. The van der Waals surface area contributed by atoms with Crippen molar-refractivity contribution in [2.45, 2.75) is 31.4 Å². The lowest BCUT2D eigenvalue weighted by molar-refractivity contribution is -0.143. The van der Waals surface area contributed by atoms with Crippen molar-refractivity contribution < 1.29 is 19.4 Å². The number of aliphatic hydroxyl groups is 1. The Hall–Kier alpha value is -2.99. The molecule has 0 radical (unpaired) electrons. The van der Waals surface area contributed by atoms with E-state index in [1.54, 1.807) is 31.4 Å². The number of hydrogen-bond acceptors (Lipinski definition) is 5. The monoisotopic (exact) mass is 378 g/mol. The van der Waals surface area contributed by atoms with Gasteiger partial charge in [0.25, 0.3) is 0 Å². The summed E-state index contributed by atoms with van der Waals surface area (Å²) in [6, 6.07) is 14.8. The van der Waals surface area contributed by atoms with E-state index in [4.69, 9.17) is 4.74 Å². The number of carbonyl (C=O) groups excluding carboxylic acids is 2. The zero-order valence-electron chi connectivity index (χ0n) is 16.1. The SMILES string of the molecule is COc1ccc([C@]23CC(c4ccc(C)cc4)=N[C@@]2(O)CN(C(C)=O)C3=O)cc1. The molecule has 0 unspecified atom stereocenters. The zero-order chi connectivity index (χ0) is 20.1. The number of fused-ring (bicyclic) bond motifs is 1. The molecule has 28 heavy (non-hydrogen) atoms. The molecule has 2 aromatic rings. The molecule has 2 aliphatic rings. The highest BCUT2D eigenvalue weighted by molar-refractivity contribution is 6.12. The smallest absolute Gasteiger partial charge is 0.245 e. The zero-order valence-corrected chi connectivity index (χ0v) is 16.1. The first-order valence-electron chi connectivity index (χ1n) is 9.16. The quantitative estimate of drug-likeness (QED) is 0.888. The molecule has 4 rings (SSSR count). The molecule has 2 aromatic carbocycles.